The minimum absolute atomic E-state index is 0.0357. The molecule has 2 aliphatic heterocycles. The molecule has 3 N–H and O–H groups in total. The van der Waals surface area contributed by atoms with Crippen LogP contribution < -0.4 is 21.1 Å². The van der Waals surface area contributed by atoms with Crippen LogP contribution in [0.5, 0.6) is 0 Å². The summed E-state index contributed by atoms with van der Waals surface area (Å²) in [6, 6.07) is 13.2. The van der Waals surface area contributed by atoms with Gasteiger partial charge in [0.15, 0.2) is 0 Å². The Morgan fingerprint density at radius 2 is 2.00 bits per heavy atom. The lowest BCUT2D eigenvalue weighted by molar-refractivity contribution is -0.384. The molecule has 0 bridgehead atoms. The Labute approximate surface area is 186 Å². The van der Waals surface area contributed by atoms with Crippen LogP contribution in [0.2, 0.25) is 0 Å². The van der Waals surface area contributed by atoms with Crippen LogP contribution >= 0.6 is 0 Å². The molecule has 2 amide bonds. The maximum absolute atomic E-state index is 13.0. The topological polar surface area (TPSA) is 150 Å². The molecule has 5 rings (SSSR count). The number of non-ortho nitro benzene ring substituents is 1. The summed E-state index contributed by atoms with van der Waals surface area (Å²) in [5.41, 5.74) is 1.56. The van der Waals surface area contributed by atoms with E-state index in [4.69, 9.17) is 0 Å². The molecule has 166 valence electrons. The van der Waals surface area contributed by atoms with Crippen LogP contribution in [0, 0.1) is 10.1 Å². The molecule has 1 unspecified atom stereocenters. The minimum atomic E-state index is -1.09. The van der Waals surface area contributed by atoms with Gasteiger partial charge in [0.1, 0.15) is 5.82 Å². The highest BCUT2D eigenvalue weighted by Crippen LogP contribution is 2.35. The number of aromatic amines is 1. The van der Waals surface area contributed by atoms with Gasteiger partial charge in [-0.15, -0.1) is 0 Å². The van der Waals surface area contributed by atoms with Gasteiger partial charge in [-0.05, 0) is 24.1 Å². The summed E-state index contributed by atoms with van der Waals surface area (Å²) in [6.07, 6.45) is 0.544. The number of amides is 2. The van der Waals surface area contributed by atoms with Gasteiger partial charge >= 0.3 is 0 Å². The SMILES string of the molecule is O=C1CC(C(=O)Nc2cccc([N+](=O)[O-])c2)c2c(nc(N3CCc4ccccc43)[nH]c2=O)N1. The number of para-hydroxylation sites is 1. The number of nitrogens with zero attached hydrogens (tertiary/aromatic N) is 3. The first-order valence-electron chi connectivity index (χ1n) is 10.3. The van der Waals surface area contributed by atoms with Crippen LogP contribution in [-0.4, -0.2) is 33.3 Å². The largest absolute Gasteiger partial charge is 0.325 e. The fourth-order valence-electron chi connectivity index (χ4n) is 4.20. The maximum atomic E-state index is 13.0. The smallest absolute Gasteiger partial charge is 0.271 e. The third-order valence-electron chi connectivity index (χ3n) is 5.72. The number of rotatable bonds is 4. The molecular formula is C22H18N6O5. The average Bonchev–Trinajstić information content (AvgIpc) is 3.22. The lowest BCUT2D eigenvalue weighted by Gasteiger charge is -2.25. The lowest BCUT2D eigenvalue weighted by atomic mass is 9.92. The second-order valence-electron chi connectivity index (χ2n) is 7.78. The molecule has 3 aromatic rings. The van der Waals surface area contributed by atoms with E-state index in [0.29, 0.717) is 6.54 Å². The summed E-state index contributed by atoms with van der Waals surface area (Å²) in [6.45, 7) is 0.617. The third-order valence-corrected chi connectivity index (χ3v) is 5.72. The molecule has 1 atom stereocenters. The Morgan fingerprint density at radius 3 is 2.82 bits per heavy atom. The fraction of sp³-hybridized carbons (Fsp3) is 0.182. The average molecular weight is 446 g/mol. The summed E-state index contributed by atoms with van der Waals surface area (Å²) >= 11 is 0. The molecule has 2 aromatic carbocycles. The molecule has 11 heteroatoms. The summed E-state index contributed by atoms with van der Waals surface area (Å²) in [5.74, 6) is -1.85. The van der Waals surface area contributed by atoms with Crippen molar-refractivity contribution < 1.29 is 14.5 Å². The molecule has 0 saturated heterocycles. The Kier molecular flexibility index (Phi) is 4.85. The molecule has 0 fully saturated rings. The van der Waals surface area contributed by atoms with E-state index < -0.39 is 28.2 Å². The number of hydrogen-bond acceptors (Lipinski definition) is 7. The molecular weight excluding hydrogens is 428 g/mol. The highest BCUT2D eigenvalue weighted by atomic mass is 16.6. The predicted octanol–water partition coefficient (Wildman–Crippen LogP) is 2.44. The van der Waals surface area contributed by atoms with Crippen LogP contribution in [-0.2, 0) is 16.0 Å². The fourth-order valence-corrected chi connectivity index (χ4v) is 4.20. The third kappa shape index (κ3) is 3.69. The van der Waals surface area contributed by atoms with Crippen molar-refractivity contribution in [2.75, 3.05) is 22.1 Å². The number of aromatic nitrogens is 2. The summed E-state index contributed by atoms with van der Waals surface area (Å²) in [5, 5.41) is 16.2. The first-order chi connectivity index (χ1) is 15.9. The van der Waals surface area contributed by atoms with E-state index in [0.717, 1.165) is 17.7 Å². The van der Waals surface area contributed by atoms with E-state index in [-0.39, 0.29) is 35.1 Å². The predicted molar refractivity (Wildman–Crippen MR) is 120 cm³/mol. The number of nitro benzene ring substituents is 1. The quantitative estimate of drug-likeness (QED) is 0.411. The van der Waals surface area contributed by atoms with Crippen LogP contribution in [0.4, 0.5) is 28.8 Å². The molecule has 3 heterocycles. The number of anilines is 4. The van der Waals surface area contributed by atoms with Crippen LogP contribution in [0.3, 0.4) is 0 Å². The number of carbonyl (C=O) groups is 2. The van der Waals surface area contributed by atoms with Gasteiger partial charge in [0.2, 0.25) is 17.8 Å². The number of H-pyrrole nitrogens is 1. The molecule has 1 aromatic heterocycles. The van der Waals surface area contributed by atoms with E-state index in [1.54, 1.807) is 0 Å². The van der Waals surface area contributed by atoms with Gasteiger partial charge in [-0.25, -0.2) is 0 Å². The first-order valence-corrected chi connectivity index (χ1v) is 10.3. The van der Waals surface area contributed by atoms with Gasteiger partial charge in [0, 0.05) is 36.5 Å². The molecule has 33 heavy (non-hydrogen) atoms. The first kappa shape index (κ1) is 20.4. The molecule has 0 radical (unpaired) electrons. The van der Waals surface area contributed by atoms with Gasteiger partial charge in [-0.1, -0.05) is 24.3 Å². The van der Waals surface area contributed by atoms with E-state index >= 15 is 0 Å². The van der Waals surface area contributed by atoms with Crippen LogP contribution in [0.25, 0.3) is 0 Å². The molecule has 0 saturated carbocycles. The van der Waals surface area contributed by atoms with E-state index in [2.05, 4.69) is 20.6 Å². The highest BCUT2D eigenvalue weighted by Gasteiger charge is 2.35. The Hall–Kier alpha value is -4.54. The van der Waals surface area contributed by atoms with Gasteiger partial charge in [0.25, 0.3) is 11.2 Å². The zero-order valence-corrected chi connectivity index (χ0v) is 17.2. The van der Waals surface area contributed by atoms with Gasteiger partial charge in [-0.2, -0.15) is 4.98 Å². The summed E-state index contributed by atoms with van der Waals surface area (Å²) in [4.78, 5) is 57.8. The van der Waals surface area contributed by atoms with Crippen molar-refractivity contribution in [3.63, 3.8) is 0 Å². The van der Waals surface area contributed by atoms with Crippen molar-refractivity contribution in [2.24, 2.45) is 0 Å². The normalized spacial score (nSPS) is 16.5. The summed E-state index contributed by atoms with van der Waals surface area (Å²) in [7, 11) is 0. The number of fused-ring (bicyclic) bond motifs is 2. The van der Waals surface area contributed by atoms with Crippen molar-refractivity contribution in [1.29, 1.82) is 0 Å². The number of nitrogens with one attached hydrogen (secondary N) is 3. The van der Waals surface area contributed by atoms with Crippen molar-refractivity contribution in [3.05, 3.63) is 80.1 Å². The van der Waals surface area contributed by atoms with Crippen molar-refractivity contribution in [1.82, 2.24) is 9.97 Å². The second-order valence-corrected chi connectivity index (χ2v) is 7.78. The van der Waals surface area contributed by atoms with Gasteiger partial charge in [-0.3, -0.25) is 29.5 Å². The molecule has 0 spiro atoms. The van der Waals surface area contributed by atoms with E-state index in [1.165, 1.54) is 24.3 Å². The Bertz CT molecular complexity index is 1370. The minimum Gasteiger partial charge on any atom is -0.325 e. The van der Waals surface area contributed by atoms with Gasteiger partial charge in [0.05, 0.1) is 16.4 Å². The van der Waals surface area contributed by atoms with E-state index in [9.17, 15) is 24.5 Å². The molecule has 2 aliphatic rings. The summed E-state index contributed by atoms with van der Waals surface area (Å²) < 4.78 is 0. The Morgan fingerprint density at radius 1 is 1.18 bits per heavy atom. The van der Waals surface area contributed by atoms with Gasteiger partial charge < -0.3 is 15.5 Å². The van der Waals surface area contributed by atoms with Crippen molar-refractivity contribution in [2.45, 2.75) is 18.8 Å². The monoisotopic (exact) mass is 446 g/mol. The van der Waals surface area contributed by atoms with E-state index in [1.807, 2.05) is 29.2 Å². The maximum Gasteiger partial charge on any atom is 0.271 e. The standard InChI is InChI=1S/C22H18N6O5/c29-17-11-15(20(30)23-13-5-3-6-14(10-13)28(32)33)18-19(24-17)25-22(26-21(18)31)27-9-8-12-4-1-2-7-16(12)27/h1-7,10,15H,8-9,11H2,(H,23,30)(H2,24,25,26,29,31). The zero-order valence-electron chi connectivity index (χ0n) is 17.2. The van der Waals surface area contributed by atoms with Crippen molar-refractivity contribution in [3.8, 4) is 0 Å². The number of benzene rings is 2. The van der Waals surface area contributed by atoms with Crippen LogP contribution in [0.1, 0.15) is 23.5 Å². The van der Waals surface area contributed by atoms with Crippen LogP contribution in [0.15, 0.2) is 53.3 Å². The number of nitro groups is 1. The van der Waals surface area contributed by atoms with Crippen molar-refractivity contribution >= 4 is 40.6 Å². The second kappa shape index (κ2) is 7.86. The number of hydrogen-bond donors (Lipinski definition) is 3. The Balaban J connectivity index is 1.48. The molecule has 0 aliphatic carbocycles. The highest BCUT2D eigenvalue weighted by molar-refractivity contribution is 6.04. The number of carbonyl (C=O) groups excluding carboxylic acids is 2. The molecule has 11 nitrogen and oxygen atoms in total. The zero-order chi connectivity index (χ0) is 23.1. The lowest BCUT2D eigenvalue weighted by Crippen LogP contribution is -2.37.